The van der Waals surface area contributed by atoms with Gasteiger partial charge in [0.05, 0.1) is 4.90 Å². The molecule has 0 saturated heterocycles. The number of nitrogens with zero attached hydrogens (tertiary/aromatic N) is 1. The molecule has 1 aliphatic heterocycles. The number of carbonyl (C=O) groups is 1. The molecule has 0 radical (unpaired) electrons. The lowest BCUT2D eigenvalue weighted by atomic mass is 9.79. The molecule has 8 nitrogen and oxygen atoms in total. The topological polar surface area (TPSA) is 107 Å². The van der Waals surface area contributed by atoms with Crippen LogP contribution in [0.5, 0.6) is 5.75 Å². The number of sulfonamides is 1. The fourth-order valence-corrected chi connectivity index (χ4v) is 7.57. The zero-order chi connectivity index (χ0) is 31.4. The molecule has 1 N–H and O–H groups in total. The van der Waals surface area contributed by atoms with E-state index < -0.39 is 22.0 Å². The predicted molar refractivity (Wildman–Crippen MR) is 172 cm³/mol. The first-order valence-corrected chi connectivity index (χ1v) is 17.4. The SMILES string of the molecule is CCCCc1cc(=NOC(=O)[C@H](NS(=O)(=O)c2ccc(C)cc2)c2ccccc2)oc2cc3c(cc12)CCC1(CCCCC1)O3. The zero-order valence-corrected chi connectivity index (χ0v) is 26.7. The van der Waals surface area contributed by atoms with Crippen LogP contribution in [0.1, 0.15) is 86.6 Å². The van der Waals surface area contributed by atoms with Gasteiger partial charge in [-0.1, -0.05) is 67.8 Å². The van der Waals surface area contributed by atoms with Crippen LogP contribution in [-0.4, -0.2) is 20.0 Å². The second-order valence-electron chi connectivity index (χ2n) is 12.3. The fourth-order valence-electron chi connectivity index (χ4n) is 6.40. The Morgan fingerprint density at radius 2 is 1.76 bits per heavy atom. The Hall–Kier alpha value is -3.95. The Morgan fingerprint density at radius 3 is 2.49 bits per heavy atom. The smallest absolute Gasteiger partial charge is 0.357 e. The molecule has 0 unspecified atom stereocenters. The van der Waals surface area contributed by atoms with Crippen LogP contribution in [0, 0.1) is 6.92 Å². The van der Waals surface area contributed by atoms with Gasteiger partial charge in [-0.3, -0.25) is 0 Å². The van der Waals surface area contributed by atoms with E-state index in [0.29, 0.717) is 11.1 Å². The zero-order valence-electron chi connectivity index (χ0n) is 25.9. The molecule has 1 atom stereocenters. The lowest BCUT2D eigenvalue weighted by Crippen LogP contribution is -2.41. The van der Waals surface area contributed by atoms with Gasteiger partial charge >= 0.3 is 5.97 Å². The molecule has 0 amide bonds. The van der Waals surface area contributed by atoms with E-state index in [9.17, 15) is 13.2 Å². The first-order chi connectivity index (χ1) is 21.7. The van der Waals surface area contributed by atoms with E-state index in [1.165, 1.54) is 37.0 Å². The first-order valence-electron chi connectivity index (χ1n) is 15.9. The van der Waals surface area contributed by atoms with E-state index in [0.717, 1.165) is 67.2 Å². The average molecular weight is 629 g/mol. The van der Waals surface area contributed by atoms with E-state index >= 15 is 0 Å². The number of hydrogen-bond donors (Lipinski definition) is 1. The molecule has 3 aromatic carbocycles. The van der Waals surface area contributed by atoms with E-state index in [4.69, 9.17) is 14.0 Å². The van der Waals surface area contributed by atoms with Gasteiger partial charge in [0, 0.05) is 17.5 Å². The van der Waals surface area contributed by atoms with Crippen molar-refractivity contribution >= 4 is 27.0 Å². The van der Waals surface area contributed by atoms with Crippen molar-refractivity contribution in [1.82, 2.24) is 4.72 Å². The van der Waals surface area contributed by atoms with Crippen molar-refractivity contribution in [2.24, 2.45) is 5.16 Å². The van der Waals surface area contributed by atoms with Gasteiger partial charge < -0.3 is 14.0 Å². The number of hydrogen-bond acceptors (Lipinski definition) is 7. The largest absolute Gasteiger partial charge is 0.487 e. The highest BCUT2D eigenvalue weighted by molar-refractivity contribution is 7.89. The van der Waals surface area contributed by atoms with Gasteiger partial charge in [-0.2, -0.15) is 4.72 Å². The Balaban J connectivity index is 1.32. The number of aryl methyl sites for hydroxylation is 3. The summed E-state index contributed by atoms with van der Waals surface area (Å²) >= 11 is 0. The minimum absolute atomic E-state index is 0.0458. The Morgan fingerprint density at radius 1 is 1.00 bits per heavy atom. The summed E-state index contributed by atoms with van der Waals surface area (Å²) in [5, 5.41) is 5.09. The molecule has 2 aliphatic rings. The van der Waals surface area contributed by atoms with Crippen molar-refractivity contribution in [2.75, 3.05) is 0 Å². The molecule has 9 heteroatoms. The standard InChI is InChI=1S/C36H40N2O6S/c1-3-4-11-27-23-33(42-32-24-31-28(22-30(27)32)18-21-36(43-31)19-9-6-10-20-36)37-44-35(39)34(26-12-7-5-8-13-26)38-45(40,41)29-16-14-25(2)15-17-29/h5,7-8,12-17,22-24,34,38H,3-4,6,9-11,18-21H2,1-2H3/t34-/m1/s1. The van der Waals surface area contributed by atoms with Crippen molar-refractivity contribution in [1.29, 1.82) is 0 Å². The number of rotatable bonds is 9. The monoisotopic (exact) mass is 628 g/mol. The summed E-state index contributed by atoms with van der Waals surface area (Å²) in [5.41, 5.74) is 4.23. The van der Waals surface area contributed by atoms with Crippen LogP contribution >= 0.6 is 0 Å². The van der Waals surface area contributed by atoms with Crippen LogP contribution in [0.15, 0.2) is 87.3 Å². The van der Waals surface area contributed by atoms with Gasteiger partial charge in [0.15, 0.2) is 0 Å². The molecule has 1 aliphatic carbocycles. The third-order valence-corrected chi connectivity index (χ3v) is 10.4. The molecule has 0 bridgehead atoms. The summed E-state index contributed by atoms with van der Waals surface area (Å²) in [6.07, 6.45) is 10.6. The summed E-state index contributed by atoms with van der Waals surface area (Å²) in [4.78, 5) is 18.9. The third-order valence-electron chi connectivity index (χ3n) is 8.96. The van der Waals surface area contributed by atoms with Crippen LogP contribution in [-0.2, 0) is 32.5 Å². The number of fused-ring (bicyclic) bond motifs is 2. The van der Waals surface area contributed by atoms with Crippen molar-refractivity contribution in [3.05, 3.63) is 101 Å². The van der Waals surface area contributed by atoms with E-state index in [1.54, 1.807) is 48.5 Å². The lowest BCUT2D eigenvalue weighted by molar-refractivity contribution is -0.146. The molecule has 6 rings (SSSR count). The number of nitrogens with one attached hydrogen (secondary N) is 1. The second-order valence-corrected chi connectivity index (χ2v) is 14.0. The van der Waals surface area contributed by atoms with Gasteiger partial charge in [0.25, 0.3) is 5.55 Å². The van der Waals surface area contributed by atoms with Gasteiger partial charge in [0.2, 0.25) is 10.0 Å². The third kappa shape index (κ3) is 6.99. The number of benzene rings is 3. The molecule has 2 heterocycles. The van der Waals surface area contributed by atoms with Crippen molar-refractivity contribution in [3.63, 3.8) is 0 Å². The molecule has 1 aromatic heterocycles. The highest BCUT2D eigenvalue weighted by atomic mass is 32.2. The van der Waals surface area contributed by atoms with E-state index in [2.05, 4.69) is 22.9 Å². The van der Waals surface area contributed by atoms with Crippen molar-refractivity contribution < 1.29 is 27.2 Å². The molecule has 45 heavy (non-hydrogen) atoms. The van der Waals surface area contributed by atoms with Gasteiger partial charge in [0.1, 0.15) is 23.0 Å². The maximum Gasteiger partial charge on any atom is 0.357 e. The quantitative estimate of drug-likeness (QED) is 0.155. The molecule has 236 valence electrons. The predicted octanol–water partition coefficient (Wildman–Crippen LogP) is 7.19. The summed E-state index contributed by atoms with van der Waals surface area (Å²) in [5.74, 6) is -0.0278. The van der Waals surface area contributed by atoms with Crippen LogP contribution in [0.2, 0.25) is 0 Å². The Bertz CT molecular complexity index is 1840. The Kier molecular flexibility index (Phi) is 9.10. The molecule has 1 spiro atoms. The molecular formula is C36H40N2O6S. The van der Waals surface area contributed by atoms with Crippen LogP contribution < -0.4 is 15.0 Å². The summed E-state index contributed by atoms with van der Waals surface area (Å²) in [6, 6.07) is 19.6. The molecular weight excluding hydrogens is 588 g/mol. The number of unbranched alkanes of at least 4 members (excludes halogenated alkanes) is 1. The van der Waals surface area contributed by atoms with Crippen molar-refractivity contribution in [2.45, 2.75) is 94.6 Å². The Labute approximate surface area is 264 Å². The van der Waals surface area contributed by atoms with Crippen molar-refractivity contribution in [3.8, 4) is 5.75 Å². The lowest BCUT2D eigenvalue weighted by Gasteiger charge is -2.41. The van der Waals surface area contributed by atoms with E-state index in [1.807, 2.05) is 13.0 Å². The summed E-state index contributed by atoms with van der Waals surface area (Å²) < 4.78 is 41.8. The summed E-state index contributed by atoms with van der Waals surface area (Å²) in [7, 11) is -4.05. The molecule has 1 saturated carbocycles. The first kappa shape index (κ1) is 31.0. The van der Waals surface area contributed by atoms with Crippen LogP contribution in [0.4, 0.5) is 0 Å². The summed E-state index contributed by atoms with van der Waals surface area (Å²) in [6.45, 7) is 4.01. The highest BCUT2D eigenvalue weighted by Gasteiger charge is 2.37. The molecule has 4 aromatic rings. The minimum Gasteiger partial charge on any atom is -0.487 e. The van der Waals surface area contributed by atoms with Crippen LogP contribution in [0.3, 0.4) is 0 Å². The van der Waals surface area contributed by atoms with Gasteiger partial charge in [-0.25, -0.2) is 13.2 Å². The van der Waals surface area contributed by atoms with Crippen LogP contribution in [0.25, 0.3) is 11.0 Å². The fraction of sp³-hybridized carbons (Fsp3) is 0.389. The molecule has 1 fully saturated rings. The van der Waals surface area contributed by atoms with E-state index in [-0.39, 0.29) is 16.1 Å². The highest BCUT2D eigenvalue weighted by Crippen LogP contribution is 2.43. The normalized spacial score (nSPS) is 17.1. The van der Waals surface area contributed by atoms with Gasteiger partial charge in [-0.15, -0.1) is 0 Å². The minimum atomic E-state index is -4.05. The number of ether oxygens (including phenoxy) is 1. The maximum atomic E-state index is 13.5. The van der Waals surface area contributed by atoms with Gasteiger partial charge in [-0.05, 0) is 98.3 Å². The second kappa shape index (κ2) is 13.2. The number of carbonyl (C=O) groups excluding carboxylic acids is 1. The average Bonchev–Trinajstić information content (AvgIpc) is 3.05. The maximum absolute atomic E-state index is 13.5.